The van der Waals surface area contributed by atoms with E-state index in [9.17, 15) is 14.4 Å². The van der Waals surface area contributed by atoms with Gasteiger partial charge in [-0.15, -0.1) is 0 Å². The first kappa shape index (κ1) is 20.7. The molecule has 2 aliphatic rings. The number of hydrogen-bond donors (Lipinski definition) is 1. The number of fused-ring (bicyclic) bond motifs is 1. The lowest BCUT2D eigenvalue weighted by atomic mass is 9.92. The van der Waals surface area contributed by atoms with E-state index < -0.39 is 0 Å². The molecule has 0 radical (unpaired) electrons. The number of aromatic amines is 1. The molecule has 8 heteroatoms. The SMILES string of the molecule is Cc1cc2[nH]c(=O)n(C)c2cc1N1C(=O)c2cccc3c(N4CCN(C)CC4)ccc(c23)C1=O. The van der Waals surface area contributed by atoms with Crippen molar-refractivity contribution in [1.29, 1.82) is 0 Å². The van der Waals surface area contributed by atoms with Gasteiger partial charge in [0.2, 0.25) is 0 Å². The average molecular weight is 456 g/mol. The molecule has 0 atom stereocenters. The number of nitrogens with zero attached hydrogens (tertiary/aromatic N) is 4. The van der Waals surface area contributed by atoms with Crippen molar-refractivity contribution in [1.82, 2.24) is 14.5 Å². The summed E-state index contributed by atoms with van der Waals surface area (Å²) in [7, 11) is 3.78. The summed E-state index contributed by atoms with van der Waals surface area (Å²) >= 11 is 0. The lowest BCUT2D eigenvalue weighted by molar-refractivity contribution is 0.0893. The van der Waals surface area contributed by atoms with Crippen molar-refractivity contribution in [2.75, 3.05) is 43.0 Å². The second-order valence-electron chi connectivity index (χ2n) is 9.24. The molecule has 0 saturated carbocycles. The predicted molar refractivity (Wildman–Crippen MR) is 133 cm³/mol. The highest BCUT2D eigenvalue weighted by molar-refractivity contribution is 6.36. The molecular weight excluding hydrogens is 430 g/mol. The number of benzene rings is 3. The first-order chi connectivity index (χ1) is 16.3. The third-order valence-corrected chi connectivity index (χ3v) is 7.19. The normalized spacial score (nSPS) is 16.8. The average Bonchev–Trinajstić information content (AvgIpc) is 3.10. The quantitative estimate of drug-likeness (QED) is 0.470. The van der Waals surface area contributed by atoms with E-state index in [1.54, 1.807) is 25.2 Å². The van der Waals surface area contributed by atoms with Crippen LogP contribution in [0.4, 0.5) is 11.4 Å². The number of rotatable bonds is 2. The zero-order valence-electron chi connectivity index (χ0n) is 19.4. The summed E-state index contributed by atoms with van der Waals surface area (Å²) in [4.78, 5) is 48.2. The van der Waals surface area contributed by atoms with Gasteiger partial charge in [0.25, 0.3) is 11.8 Å². The number of H-pyrrole nitrogens is 1. The highest BCUT2D eigenvalue weighted by atomic mass is 16.2. The van der Waals surface area contributed by atoms with E-state index in [0.717, 1.165) is 48.2 Å². The van der Waals surface area contributed by atoms with Gasteiger partial charge >= 0.3 is 5.69 Å². The number of imidazole rings is 1. The Bertz CT molecular complexity index is 1550. The molecule has 1 fully saturated rings. The van der Waals surface area contributed by atoms with Crippen molar-refractivity contribution in [3.63, 3.8) is 0 Å². The number of anilines is 2. The number of carbonyl (C=O) groups excluding carboxylic acids is 2. The molecular formula is C26H25N5O3. The van der Waals surface area contributed by atoms with Crippen LogP contribution in [-0.2, 0) is 7.05 Å². The third-order valence-electron chi connectivity index (χ3n) is 7.19. The number of aromatic nitrogens is 2. The molecule has 0 bridgehead atoms. The zero-order chi connectivity index (χ0) is 23.7. The summed E-state index contributed by atoms with van der Waals surface area (Å²) in [6, 6.07) is 13.1. The summed E-state index contributed by atoms with van der Waals surface area (Å²) < 4.78 is 1.48. The van der Waals surface area contributed by atoms with Crippen molar-refractivity contribution in [2.24, 2.45) is 7.05 Å². The number of imide groups is 1. The van der Waals surface area contributed by atoms with Crippen LogP contribution in [-0.4, -0.2) is 59.5 Å². The highest BCUT2D eigenvalue weighted by Crippen LogP contribution is 2.39. The van der Waals surface area contributed by atoms with Crippen LogP contribution in [0.15, 0.2) is 47.3 Å². The topological polar surface area (TPSA) is 81.7 Å². The maximum absolute atomic E-state index is 13.7. The van der Waals surface area contributed by atoms with Crippen molar-refractivity contribution >= 4 is 45.0 Å². The molecule has 8 nitrogen and oxygen atoms in total. The standard InChI is InChI=1S/C26H25N5O3/c1-15-13-19-22(29(3)26(34)27-19)14-21(15)31-24(32)17-6-4-5-16-20(30-11-9-28(2)10-12-30)8-7-18(23(16)17)25(31)33/h4-8,13-14H,9-12H2,1-3H3,(H,27,34). The van der Waals surface area contributed by atoms with Gasteiger partial charge in [-0.2, -0.15) is 0 Å². The van der Waals surface area contributed by atoms with Gasteiger partial charge < -0.3 is 14.8 Å². The summed E-state index contributed by atoms with van der Waals surface area (Å²) in [5.74, 6) is -0.691. The zero-order valence-corrected chi connectivity index (χ0v) is 19.4. The Morgan fingerprint density at radius 2 is 1.53 bits per heavy atom. The molecule has 4 aromatic rings. The number of hydrogen-bond acceptors (Lipinski definition) is 5. The van der Waals surface area contributed by atoms with Crippen LogP contribution in [0.2, 0.25) is 0 Å². The summed E-state index contributed by atoms with van der Waals surface area (Å²) in [5, 5.41) is 1.65. The minimum absolute atomic E-state index is 0.241. The van der Waals surface area contributed by atoms with Crippen molar-refractivity contribution in [3.05, 3.63) is 69.6 Å². The Morgan fingerprint density at radius 1 is 0.824 bits per heavy atom. The van der Waals surface area contributed by atoms with Gasteiger partial charge in [0.15, 0.2) is 0 Å². The molecule has 1 aromatic heterocycles. The van der Waals surface area contributed by atoms with Crippen molar-refractivity contribution in [2.45, 2.75) is 6.92 Å². The van der Waals surface area contributed by atoms with Crippen LogP contribution in [0, 0.1) is 6.92 Å². The summed E-state index contributed by atoms with van der Waals surface area (Å²) in [6.45, 7) is 5.58. The second-order valence-corrected chi connectivity index (χ2v) is 9.24. The minimum atomic E-state index is -0.346. The Balaban J connectivity index is 1.51. The van der Waals surface area contributed by atoms with E-state index in [2.05, 4.69) is 21.8 Å². The van der Waals surface area contributed by atoms with Crippen LogP contribution < -0.4 is 15.5 Å². The molecule has 1 N–H and O–H groups in total. The Hall–Kier alpha value is -3.91. The van der Waals surface area contributed by atoms with Gasteiger partial charge in [-0.3, -0.25) is 14.2 Å². The first-order valence-electron chi connectivity index (χ1n) is 11.4. The van der Waals surface area contributed by atoms with Gasteiger partial charge in [0, 0.05) is 60.8 Å². The molecule has 0 aliphatic carbocycles. The second kappa shape index (κ2) is 7.30. The molecule has 0 spiro atoms. The Morgan fingerprint density at radius 3 is 2.26 bits per heavy atom. The molecule has 2 amide bonds. The minimum Gasteiger partial charge on any atom is -0.368 e. The maximum Gasteiger partial charge on any atom is 0.326 e. The lowest BCUT2D eigenvalue weighted by Crippen LogP contribution is -2.45. The third kappa shape index (κ3) is 2.85. The molecule has 172 valence electrons. The van der Waals surface area contributed by atoms with Crippen LogP contribution in [0.5, 0.6) is 0 Å². The van der Waals surface area contributed by atoms with E-state index in [1.807, 2.05) is 31.2 Å². The fourth-order valence-electron chi connectivity index (χ4n) is 5.24. The summed E-state index contributed by atoms with van der Waals surface area (Å²) in [5.41, 5.74) is 4.39. The Labute approximate surface area is 196 Å². The van der Waals surface area contributed by atoms with Gasteiger partial charge in [-0.05, 0) is 49.9 Å². The molecule has 1 saturated heterocycles. The monoisotopic (exact) mass is 455 g/mol. The van der Waals surface area contributed by atoms with Crippen LogP contribution in [0.1, 0.15) is 26.3 Å². The summed E-state index contributed by atoms with van der Waals surface area (Å²) in [6.07, 6.45) is 0. The Kier molecular flexibility index (Phi) is 4.44. The van der Waals surface area contributed by atoms with E-state index in [-0.39, 0.29) is 17.5 Å². The highest BCUT2D eigenvalue weighted by Gasteiger charge is 2.36. The van der Waals surface area contributed by atoms with Gasteiger partial charge in [0.1, 0.15) is 0 Å². The van der Waals surface area contributed by atoms with E-state index in [0.29, 0.717) is 27.8 Å². The van der Waals surface area contributed by atoms with Gasteiger partial charge in [-0.25, -0.2) is 9.69 Å². The number of piperazine rings is 1. The maximum atomic E-state index is 13.7. The van der Waals surface area contributed by atoms with Gasteiger partial charge in [0.05, 0.1) is 16.7 Å². The number of carbonyl (C=O) groups is 2. The number of aryl methyl sites for hydroxylation is 2. The molecule has 34 heavy (non-hydrogen) atoms. The number of amides is 2. The van der Waals surface area contributed by atoms with E-state index in [4.69, 9.17) is 0 Å². The number of likely N-dealkylation sites (N-methyl/N-ethyl adjacent to an activating group) is 1. The molecule has 6 rings (SSSR count). The van der Waals surface area contributed by atoms with Gasteiger partial charge in [-0.1, -0.05) is 12.1 Å². The van der Waals surface area contributed by atoms with Crippen molar-refractivity contribution < 1.29 is 9.59 Å². The predicted octanol–water partition coefficient (Wildman–Crippen LogP) is 2.88. The molecule has 3 heterocycles. The number of nitrogens with one attached hydrogen (secondary N) is 1. The molecule has 0 unspecified atom stereocenters. The lowest BCUT2D eigenvalue weighted by Gasteiger charge is -2.35. The largest absolute Gasteiger partial charge is 0.368 e. The smallest absolute Gasteiger partial charge is 0.326 e. The van der Waals surface area contributed by atoms with E-state index in [1.165, 1.54) is 9.47 Å². The van der Waals surface area contributed by atoms with Crippen LogP contribution in [0.25, 0.3) is 21.8 Å². The first-order valence-corrected chi connectivity index (χ1v) is 11.4. The van der Waals surface area contributed by atoms with E-state index >= 15 is 0 Å². The van der Waals surface area contributed by atoms with Crippen molar-refractivity contribution in [3.8, 4) is 0 Å². The van der Waals surface area contributed by atoms with Crippen LogP contribution in [0.3, 0.4) is 0 Å². The van der Waals surface area contributed by atoms with Crippen LogP contribution >= 0.6 is 0 Å². The molecule has 2 aliphatic heterocycles. The fraction of sp³-hybridized carbons (Fsp3) is 0.269. The molecule has 3 aromatic carbocycles. The fourth-order valence-corrected chi connectivity index (χ4v) is 5.24.